The number of hydrogen-bond acceptors (Lipinski definition) is 6. The molecule has 32 heavy (non-hydrogen) atoms. The van der Waals surface area contributed by atoms with Gasteiger partial charge in [-0.15, -0.1) is 11.3 Å². The number of ketones is 1. The van der Waals surface area contributed by atoms with Gasteiger partial charge in [-0.3, -0.25) is 19.6 Å². The average Bonchev–Trinajstić information content (AvgIpc) is 3.41. The van der Waals surface area contributed by atoms with E-state index >= 15 is 0 Å². The molecule has 0 radical (unpaired) electrons. The van der Waals surface area contributed by atoms with E-state index in [0.29, 0.717) is 18.0 Å². The Labute approximate surface area is 193 Å². The molecule has 2 aromatic heterocycles. The summed E-state index contributed by atoms with van der Waals surface area (Å²) >= 11 is 1.56. The number of carbonyl (C=O) groups excluding carboxylic acids is 2. The Balaban J connectivity index is 1.42. The lowest BCUT2D eigenvalue weighted by molar-refractivity contribution is -0.132. The van der Waals surface area contributed by atoms with Gasteiger partial charge in [0.15, 0.2) is 5.78 Å². The lowest BCUT2D eigenvalue weighted by Crippen LogP contribution is -2.37. The normalized spacial score (nSPS) is 19.1. The van der Waals surface area contributed by atoms with E-state index in [1.165, 1.54) is 0 Å². The number of nitrogens with zero attached hydrogens (tertiary/aromatic N) is 4. The van der Waals surface area contributed by atoms with E-state index in [0.717, 1.165) is 59.9 Å². The summed E-state index contributed by atoms with van der Waals surface area (Å²) in [4.78, 5) is 41.1. The van der Waals surface area contributed by atoms with Crippen LogP contribution >= 0.6 is 11.3 Å². The number of pyridine rings is 1. The number of rotatable bonds is 7. The summed E-state index contributed by atoms with van der Waals surface area (Å²) < 4.78 is 0. The first-order valence-corrected chi connectivity index (χ1v) is 12.3. The van der Waals surface area contributed by atoms with Gasteiger partial charge in [0.25, 0.3) is 0 Å². The number of aromatic nitrogens is 2. The van der Waals surface area contributed by atoms with Crippen molar-refractivity contribution in [1.29, 1.82) is 0 Å². The highest BCUT2D eigenvalue weighted by Crippen LogP contribution is 2.33. The molecule has 0 spiro atoms. The fourth-order valence-electron chi connectivity index (χ4n) is 4.49. The molecule has 1 unspecified atom stereocenters. The molecule has 6 nitrogen and oxygen atoms in total. The first kappa shape index (κ1) is 22.5. The fraction of sp³-hybridized carbons (Fsp3) is 0.480. The van der Waals surface area contributed by atoms with Gasteiger partial charge in [-0.05, 0) is 56.4 Å². The number of aliphatic imine (C=N–C) groups is 1. The van der Waals surface area contributed by atoms with Crippen molar-refractivity contribution in [1.82, 2.24) is 14.9 Å². The lowest BCUT2D eigenvalue weighted by Gasteiger charge is -2.31. The highest BCUT2D eigenvalue weighted by atomic mass is 32.1. The average molecular weight is 451 g/mol. The van der Waals surface area contributed by atoms with E-state index in [-0.39, 0.29) is 24.2 Å². The zero-order valence-corrected chi connectivity index (χ0v) is 19.8. The van der Waals surface area contributed by atoms with Gasteiger partial charge in [0, 0.05) is 49.1 Å². The number of carbonyl (C=O) groups is 2. The van der Waals surface area contributed by atoms with Crippen LogP contribution in [0.3, 0.4) is 0 Å². The van der Waals surface area contributed by atoms with Crippen molar-refractivity contribution < 1.29 is 9.59 Å². The number of piperidine rings is 1. The second-order valence-electron chi connectivity index (χ2n) is 8.69. The Morgan fingerprint density at radius 1 is 1.22 bits per heavy atom. The molecule has 0 bridgehead atoms. The Hall–Kier alpha value is -2.67. The molecule has 0 N–H and O–H groups in total. The molecule has 7 heteroatoms. The lowest BCUT2D eigenvalue weighted by atomic mass is 9.97. The third kappa shape index (κ3) is 4.88. The maximum atomic E-state index is 13.0. The first-order valence-electron chi connectivity index (χ1n) is 11.4. The monoisotopic (exact) mass is 450 g/mol. The minimum absolute atomic E-state index is 0.0117. The van der Waals surface area contributed by atoms with E-state index in [4.69, 9.17) is 4.98 Å². The third-order valence-corrected chi connectivity index (χ3v) is 7.21. The predicted octanol–water partition coefficient (Wildman–Crippen LogP) is 4.93. The van der Waals surface area contributed by atoms with Crippen LogP contribution in [0.4, 0.5) is 0 Å². The maximum absolute atomic E-state index is 13.0. The van der Waals surface area contributed by atoms with Crippen LogP contribution in [-0.2, 0) is 11.2 Å². The number of thiazole rings is 1. The molecule has 1 amide bonds. The van der Waals surface area contributed by atoms with E-state index in [1.807, 2.05) is 36.3 Å². The Bertz CT molecular complexity index is 1060. The van der Waals surface area contributed by atoms with Crippen LogP contribution in [-0.4, -0.2) is 45.4 Å². The standard InChI is InChI=1S/C25H30N4O2S/c1-4-6-22(31)29-11-8-18(9-12-29)25-28-20(15-32-25)21(30)14-19-7-5-10-26-24(19)23-16(2)13-17(3)27-23/h5,7,10,13,15,18,23H,4,6,8-9,11-12,14H2,1-3H3. The van der Waals surface area contributed by atoms with Gasteiger partial charge < -0.3 is 4.90 Å². The number of Topliss-reactive ketones (excluding diaryl/α,β-unsaturated/α-hetero) is 1. The summed E-state index contributed by atoms with van der Waals surface area (Å²) in [5, 5.41) is 2.89. The summed E-state index contributed by atoms with van der Waals surface area (Å²) in [6.45, 7) is 7.63. The molecular formula is C25H30N4O2S. The number of hydrogen-bond donors (Lipinski definition) is 0. The molecule has 4 heterocycles. The van der Waals surface area contributed by atoms with Crippen molar-refractivity contribution in [3.05, 3.63) is 57.3 Å². The minimum atomic E-state index is -0.106. The van der Waals surface area contributed by atoms with Gasteiger partial charge in [0.2, 0.25) is 5.91 Å². The Morgan fingerprint density at radius 2 is 2.00 bits per heavy atom. The van der Waals surface area contributed by atoms with Crippen molar-refractivity contribution in [3.63, 3.8) is 0 Å². The molecule has 2 aliphatic rings. The van der Waals surface area contributed by atoms with Gasteiger partial charge in [-0.25, -0.2) is 4.98 Å². The van der Waals surface area contributed by atoms with Gasteiger partial charge in [-0.2, -0.15) is 0 Å². The van der Waals surface area contributed by atoms with Crippen LogP contribution in [0.15, 0.2) is 40.4 Å². The largest absolute Gasteiger partial charge is 0.343 e. The van der Waals surface area contributed by atoms with Gasteiger partial charge in [0.05, 0.1) is 10.7 Å². The van der Waals surface area contributed by atoms with E-state index in [2.05, 4.69) is 23.0 Å². The Morgan fingerprint density at radius 3 is 2.69 bits per heavy atom. The summed E-state index contributed by atoms with van der Waals surface area (Å²) in [5.74, 6) is 0.586. The number of allylic oxidation sites excluding steroid dienone is 1. The van der Waals surface area contributed by atoms with Crippen molar-refractivity contribution in [3.8, 4) is 0 Å². The van der Waals surface area contributed by atoms with Crippen LogP contribution in [0.5, 0.6) is 0 Å². The molecular weight excluding hydrogens is 420 g/mol. The summed E-state index contributed by atoms with van der Waals surface area (Å²) in [5.41, 5.74) is 4.43. The van der Waals surface area contributed by atoms with Crippen molar-refractivity contribution in [2.45, 2.75) is 64.8 Å². The SMILES string of the molecule is CCCC(=O)N1CCC(c2nc(C(=O)Cc3cccnc3C3N=C(C)C=C3C)cs2)CC1. The number of amides is 1. The second-order valence-corrected chi connectivity index (χ2v) is 9.57. The zero-order valence-electron chi connectivity index (χ0n) is 19.0. The topological polar surface area (TPSA) is 75.5 Å². The van der Waals surface area contributed by atoms with Crippen LogP contribution in [0.2, 0.25) is 0 Å². The van der Waals surface area contributed by atoms with Crippen molar-refractivity contribution in [2.75, 3.05) is 13.1 Å². The predicted molar refractivity (Wildman–Crippen MR) is 127 cm³/mol. The smallest absolute Gasteiger partial charge is 0.222 e. The summed E-state index contributed by atoms with van der Waals surface area (Å²) in [7, 11) is 0. The molecule has 1 atom stereocenters. The minimum Gasteiger partial charge on any atom is -0.343 e. The van der Waals surface area contributed by atoms with Crippen LogP contribution in [0.1, 0.15) is 85.2 Å². The van der Waals surface area contributed by atoms with Crippen LogP contribution < -0.4 is 0 Å². The molecule has 1 fully saturated rings. The highest BCUT2D eigenvalue weighted by Gasteiger charge is 2.27. The highest BCUT2D eigenvalue weighted by molar-refractivity contribution is 7.09. The fourth-order valence-corrected chi connectivity index (χ4v) is 5.48. The molecule has 0 aromatic carbocycles. The Kier molecular flexibility index (Phi) is 6.94. The summed E-state index contributed by atoms with van der Waals surface area (Å²) in [6, 6.07) is 3.73. The maximum Gasteiger partial charge on any atom is 0.222 e. The van der Waals surface area contributed by atoms with Gasteiger partial charge >= 0.3 is 0 Å². The van der Waals surface area contributed by atoms with Crippen molar-refractivity contribution in [2.24, 2.45) is 4.99 Å². The van der Waals surface area contributed by atoms with Gasteiger partial charge in [-0.1, -0.05) is 13.0 Å². The molecule has 2 aliphatic heterocycles. The van der Waals surface area contributed by atoms with Crippen LogP contribution in [0, 0.1) is 0 Å². The molecule has 0 saturated carbocycles. The summed E-state index contributed by atoms with van der Waals surface area (Å²) in [6.07, 6.45) is 7.43. The van der Waals surface area contributed by atoms with Gasteiger partial charge in [0.1, 0.15) is 11.7 Å². The van der Waals surface area contributed by atoms with E-state index < -0.39 is 0 Å². The van der Waals surface area contributed by atoms with Crippen molar-refractivity contribution >= 4 is 28.7 Å². The molecule has 1 saturated heterocycles. The quantitative estimate of drug-likeness (QED) is 0.561. The third-order valence-electron chi connectivity index (χ3n) is 6.21. The van der Waals surface area contributed by atoms with Crippen LogP contribution in [0.25, 0.3) is 0 Å². The molecule has 0 aliphatic carbocycles. The first-order chi connectivity index (χ1) is 15.5. The van der Waals surface area contributed by atoms with E-state index in [9.17, 15) is 9.59 Å². The zero-order chi connectivity index (χ0) is 22.7. The van der Waals surface area contributed by atoms with E-state index in [1.54, 1.807) is 17.5 Å². The number of likely N-dealkylation sites (tertiary alicyclic amines) is 1. The molecule has 2 aromatic rings. The second kappa shape index (κ2) is 9.86. The molecule has 168 valence electrons. The molecule has 4 rings (SSSR count).